The third kappa shape index (κ3) is 5.81. The zero-order valence-corrected chi connectivity index (χ0v) is 13.0. The van der Waals surface area contributed by atoms with Gasteiger partial charge in [-0.15, -0.1) is 0 Å². The number of rotatable bonds is 10. The lowest BCUT2D eigenvalue weighted by molar-refractivity contribution is 0.0691. The van der Waals surface area contributed by atoms with Crippen LogP contribution in [0.4, 0.5) is 5.82 Å². The van der Waals surface area contributed by atoms with E-state index in [2.05, 4.69) is 10.3 Å². The van der Waals surface area contributed by atoms with Crippen molar-refractivity contribution in [1.29, 1.82) is 0 Å². The van der Waals surface area contributed by atoms with E-state index in [4.69, 9.17) is 27.4 Å². The molecule has 0 saturated carbocycles. The molecule has 0 aliphatic rings. The van der Waals surface area contributed by atoms with Crippen LogP contribution in [0.5, 0.6) is 0 Å². The van der Waals surface area contributed by atoms with Gasteiger partial charge in [0, 0.05) is 26.5 Å². The molecule has 0 atom stereocenters. The number of hydrogen-bond donors (Lipinski definition) is 2. The summed E-state index contributed by atoms with van der Waals surface area (Å²) in [4.78, 5) is 4.67. The van der Waals surface area contributed by atoms with E-state index in [9.17, 15) is 0 Å². The van der Waals surface area contributed by atoms with Gasteiger partial charge in [0.15, 0.2) is 0 Å². The van der Waals surface area contributed by atoms with Crippen LogP contribution in [-0.2, 0) is 9.47 Å². The summed E-state index contributed by atoms with van der Waals surface area (Å²) in [5.41, 5.74) is 7.61. The monoisotopic (exact) mass is 297 g/mol. The summed E-state index contributed by atoms with van der Waals surface area (Å²) in [6.45, 7) is 4.83. The summed E-state index contributed by atoms with van der Waals surface area (Å²) in [7, 11) is 1.67. The predicted octanol–water partition coefficient (Wildman–Crippen LogP) is 1.88. The van der Waals surface area contributed by atoms with Crippen molar-refractivity contribution < 1.29 is 9.47 Å². The number of nitrogens with zero attached hydrogens (tertiary/aromatic N) is 1. The van der Waals surface area contributed by atoms with Crippen LogP contribution in [0, 0.1) is 6.92 Å². The average molecular weight is 297 g/mol. The Morgan fingerprint density at radius 1 is 1.35 bits per heavy atom. The Morgan fingerprint density at radius 3 is 2.85 bits per heavy atom. The molecular weight excluding hydrogens is 274 g/mol. The second kappa shape index (κ2) is 9.63. The molecule has 0 unspecified atom stereocenters. The Bertz CT molecular complexity index is 427. The van der Waals surface area contributed by atoms with Crippen molar-refractivity contribution in [3.05, 3.63) is 23.4 Å². The Balaban J connectivity index is 2.29. The molecule has 0 spiro atoms. The van der Waals surface area contributed by atoms with Crippen molar-refractivity contribution in [1.82, 2.24) is 4.98 Å². The summed E-state index contributed by atoms with van der Waals surface area (Å²) in [5, 5.41) is 3.28. The summed E-state index contributed by atoms with van der Waals surface area (Å²) >= 11 is 5.06. The lowest BCUT2D eigenvalue weighted by Crippen LogP contribution is -2.16. The van der Waals surface area contributed by atoms with Crippen LogP contribution in [0.3, 0.4) is 0 Å². The van der Waals surface area contributed by atoms with E-state index in [-0.39, 0.29) is 0 Å². The zero-order chi connectivity index (χ0) is 14.8. The number of aryl methyl sites for hydroxylation is 1. The fraction of sp³-hybridized carbons (Fsp3) is 0.571. The van der Waals surface area contributed by atoms with Crippen LogP contribution in [0.1, 0.15) is 24.0 Å². The molecule has 0 amide bonds. The van der Waals surface area contributed by atoms with Gasteiger partial charge < -0.3 is 20.5 Å². The number of nitrogens with two attached hydrogens (primary N) is 1. The number of unbranched alkanes of at least 4 members (excludes halogenated alkanes) is 1. The molecule has 1 heterocycles. The van der Waals surface area contributed by atoms with Crippen molar-refractivity contribution in [2.45, 2.75) is 19.8 Å². The lowest BCUT2D eigenvalue weighted by Gasteiger charge is -2.12. The summed E-state index contributed by atoms with van der Waals surface area (Å²) in [5.74, 6) is 0.762. The molecule has 6 heteroatoms. The van der Waals surface area contributed by atoms with Crippen LogP contribution in [0.25, 0.3) is 0 Å². The molecule has 1 aromatic heterocycles. The van der Waals surface area contributed by atoms with E-state index >= 15 is 0 Å². The summed E-state index contributed by atoms with van der Waals surface area (Å²) in [6, 6.07) is 1.91. The van der Waals surface area contributed by atoms with E-state index in [0.29, 0.717) is 18.2 Å². The van der Waals surface area contributed by atoms with Crippen molar-refractivity contribution in [2.24, 2.45) is 5.73 Å². The first-order chi connectivity index (χ1) is 9.66. The van der Waals surface area contributed by atoms with E-state index in [1.54, 1.807) is 13.3 Å². The lowest BCUT2D eigenvalue weighted by atomic mass is 10.1. The smallest absolute Gasteiger partial charge is 0.136 e. The maximum absolute atomic E-state index is 5.73. The number of hydrogen-bond acceptors (Lipinski definition) is 5. The van der Waals surface area contributed by atoms with Gasteiger partial charge in [-0.05, 0) is 31.4 Å². The molecule has 112 valence electrons. The van der Waals surface area contributed by atoms with Gasteiger partial charge >= 0.3 is 0 Å². The van der Waals surface area contributed by atoms with Gasteiger partial charge in [-0.2, -0.15) is 0 Å². The number of pyridine rings is 1. The SMILES string of the molecule is COCCOCCCCNc1nccc(C)c1C(N)=S. The van der Waals surface area contributed by atoms with Gasteiger partial charge in [0.25, 0.3) is 0 Å². The van der Waals surface area contributed by atoms with E-state index in [1.165, 1.54) is 0 Å². The first kappa shape index (κ1) is 16.8. The topological polar surface area (TPSA) is 69.4 Å². The maximum atomic E-state index is 5.73. The third-order valence-corrected chi connectivity index (χ3v) is 3.05. The molecule has 0 saturated heterocycles. The Labute approximate surface area is 125 Å². The fourth-order valence-electron chi connectivity index (χ4n) is 1.78. The number of anilines is 1. The molecule has 5 nitrogen and oxygen atoms in total. The van der Waals surface area contributed by atoms with Gasteiger partial charge in [-0.3, -0.25) is 0 Å². The largest absolute Gasteiger partial charge is 0.389 e. The predicted molar refractivity (Wildman–Crippen MR) is 85.3 cm³/mol. The van der Waals surface area contributed by atoms with Gasteiger partial charge in [-0.1, -0.05) is 12.2 Å². The maximum Gasteiger partial charge on any atom is 0.136 e. The number of nitrogens with one attached hydrogen (secondary N) is 1. The second-order valence-corrected chi connectivity index (χ2v) is 4.89. The van der Waals surface area contributed by atoms with Gasteiger partial charge in [0.2, 0.25) is 0 Å². The molecule has 3 N–H and O–H groups in total. The molecular formula is C14H23N3O2S. The van der Waals surface area contributed by atoms with Crippen LogP contribution in [0.2, 0.25) is 0 Å². The highest BCUT2D eigenvalue weighted by atomic mass is 32.1. The van der Waals surface area contributed by atoms with Crippen LogP contribution >= 0.6 is 12.2 Å². The standard InChI is InChI=1S/C14H23N3O2S/c1-11-5-7-17-14(12(11)13(15)20)16-6-3-4-8-19-10-9-18-2/h5,7H,3-4,6,8-10H2,1-2H3,(H2,15,20)(H,16,17). The van der Waals surface area contributed by atoms with E-state index in [0.717, 1.165) is 42.9 Å². The minimum absolute atomic E-state index is 0.376. The summed E-state index contributed by atoms with van der Waals surface area (Å²) in [6.07, 6.45) is 3.75. The summed E-state index contributed by atoms with van der Waals surface area (Å²) < 4.78 is 10.3. The van der Waals surface area contributed by atoms with E-state index in [1.807, 2.05) is 13.0 Å². The quantitative estimate of drug-likeness (QED) is 0.507. The number of ether oxygens (including phenoxy) is 2. The highest BCUT2D eigenvalue weighted by molar-refractivity contribution is 7.80. The number of aromatic nitrogens is 1. The fourth-order valence-corrected chi connectivity index (χ4v) is 2.04. The van der Waals surface area contributed by atoms with Crippen molar-refractivity contribution in [3.8, 4) is 0 Å². The minimum atomic E-state index is 0.376. The molecule has 0 aliphatic carbocycles. The Kier molecular flexibility index (Phi) is 8.10. The minimum Gasteiger partial charge on any atom is -0.389 e. The van der Waals surface area contributed by atoms with Crippen LogP contribution in [0.15, 0.2) is 12.3 Å². The highest BCUT2D eigenvalue weighted by Gasteiger charge is 2.08. The molecule has 0 radical (unpaired) electrons. The van der Waals surface area contributed by atoms with Gasteiger partial charge in [0.05, 0.1) is 18.8 Å². The van der Waals surface area contributed by atoms with Crippen molar-refractivity contribution in [2.75, 3.05) is 38.8 Å². The van der Waals surface area contributed by atoms with Crippen molar-refractivity contribution >= 4 is 23.0 Å². The molecule has 0 aromatic carbocycles. The molecule has 0 bridgehead atoms. The number of methoxy groups -OCH3 is 1. The molecule has 0 fully saturated rings. The highest BCUT2D eigenvalue weighted by Crippen LogP contribution is 2.16. The molecule has 1 rings (SSSR count). The van der Waals surface area contributed by atoms with E-state index < -0.39 is 0 Å². The van der Waals surface area contributed by atoms with Crippen molar-refractivity contribution in [3.63, 3.8) is 0 Å². The second-order valence-electron chi connectivity index (χ2n) is 4.45. The first-order valence-corrected chi connectivity index (χ1v) is 7.13. The van der Waals surface area contributed by atoms with Crippen LogP contribution < -0.4 is 11.1 Å². The third-order valence-electron chi connectivity index (χ3n) is 2.85. The molecule has 20 heavy (non-hydrogen) atoms. The number of thiocarbonyl (C=S) groups is 1. The Hall–Kier alpha value is -1.24. The Morgan fingerprint density at radius 2 is 2.15 bits per heavy atom. The van der Waals surface area contributed by atoms with Gasteiger partial charge in [0.1, 0.15) is 10.8 Å². The van der Waals surface area contributed by atoms with Gasteiger partial charge in [-0.25, -0.2) is 4.98 Å². The normalized spacial score (nSPS) is 10.5. The molecule has 0 aliphatic heterocycles. The zero-order valence-electron chi connectivity index (χ0n) is 12.1. The average Bonchev–Trinajstić information content (AvgIpc) is 2.41. The molecule has 1 aromatic rings. The first-order valence-electron chi connectivity index (χ1n) is 6.72. The van der Waals surface area contributed by atoms with Crippen LogP contribution in [-0.4, -0.2) is 43.4 Å².